The van der Waals surface area contributed by atoms with Crippen LogP contribution >= 0.6 is 10.7 Å². The maximum absolute atomic E-state index is 13.2. The number of benzene rings is 4. The van der Waals surface area contributed by atoms with Gasteiger partial charge in [0.1, 0.15) is 5.75 Å². The second kappa shape index (κ2) is 8.06. The Morgan fingerprint density at radius 1 is 0.706 bits per heavy atom. The number of fused-ring (bicyclic) bond motifs is 2. The van der Waals surface area contributed by atoms with Crippen molar-refractivity contribution in [3.05, 3.63) is 71.8 Å². The minimum atomic E-state index is -4.64. The molecule has 4 rings (SSSR count). The van der Waals surface area contributed by atoms with Crippen molar-refractivity contribution in [3.63, 3.8) is 0 Å². The number of hydrogen-bond donors (Lipinski definition) is 0. The highest BCUT2D eigenvalue weighted by Crippen LogP contribution is 2.46. The van der Waals surface area contributed by atoms with Crippen LogP contribution in [0.3, 0.4) is 0 Å². The Labute approximate surface area is 193 Å². The van der Waals surface area contributed by atoms with Gasteiger partial charge in [0.25, 0.3) is 9.05 Å². The first kappa shape index (κ1) is 24.2. The molecule has 4 aromatic carbocycles. The van der Waals surface area contributed by atoms with E-state index in [0.29, 0.717) is 0 Å². The van der Waals surface area contributed by atoms with Crippen LogP contribution in [0.5, 0.6) is 5.75 Å². The first-order chi connectivity index (χ1) is 15.7. The van der Waals surface area contributed by atoms with E-state index in [2.05, 4.69) is 0 Å². The first-order valence-corrected chi connectivity index (χ1v) is 11.8. The number of hydrogen-bond acceptors (Lipinski definition) is 3. The summed E-state index contributed by atoms with van der Waals surface area (Å²) in [4.78, 5) is -0.424. The van der Waals surface area contributed by atoms with E-state index in [0.717, 1.165) is 42.5 Å². The maximum Gasteiger partial charge on any atom is 0.416 e. The number of rotatable bonds is 3. The molecule has 0 aliphatic carbocycles. The van der Waals surface area contributed by atoms with Crippen LogP contribution in [0.1, 0.15) is 11.1 Å². The molecule has 0 spiro atoms. The zero-order chi connectivity index (χ0) is 25.1. The lowest BCUT2D eigenvalue weighted by atomic mass is 9.91. The molecule has 0 atom stereocenters. The van der Waals surface area contributed by atoms with Gasteiger partial charge >= 0.3 is 12.4 Å². The fourth-order valence-corrected chi connectivity index (χ4v) is 4.93. The van der Waals surface area contributed by atoms with Gasteiger partial charge in [-0.2, -0.15) is 26.3 Å². The molecule has 34 heavy (non-hydrogen) atoms. The van der Waals surface area contributed by atoms with E-state index in [-0.39, 0.29) is 38.4 Å². The summed E-state index contributed by atoms with van der Waals surface area (Å²) in [6.07, 6.45) is -9.26. The molecule has 3 nitrogen and oxygen atoms in total. The summed E-state index contributed by atoms with van der Waals surface area (Å²) in [5.74, 6) is 0.0984. The second-order valence-corrected chi connectivity index (χ2v) is 9.92. The van der Waals surface area contributed by atoms with Crippen molar-refractivity contribution >= 4 is 41.3 Å². The number of methoxy groups -OCH3 is 1. The molecule has 0 N–H and O–H groups in total. The first-order valence-electron chi connectivity index (χ1n) is 9.49. The highest BCUT2D eigenvalue weighted by Gasteiger charge is 2.33. The molecule has 11 heteroatoms. The SMILES string of the molecule is COc1ccc2cc(C(F)(F)F)ccc2c1-c1c(S(=O)(=O)Cl)ccc2cc(C(F)(F)F)ccc12. The van der Waals surface area contributed by atoms with Crippen LogP contribution < -0.4 is 4.74 Å². The van der Waals surface area contributed by atoms with Crippen LogP contribution in [0, 0.1) is 0 Å². The molecule has 0 aliphatic rings. The minimum absolute atomic E-state index is 0.0554. The summed E-state index contributed by atoms with van der Waals surface area (Å²) in [5, 5.41) is 0.467. The molecule has 0 bridgehead atoms. The van der Waals surface area contributed by atoms with E-state index in [1.807, 2.05) is 0 Å². The van der Waals surface area contributed by atoms with Crippen LogP contribution in [0.15, 0.2) is 65.6 Å². The van der Waals surface area contributed by atoms with Crippen LogP contribution in [-0.2, 0) is 21.4 Å². The molecule has 0 saturated carbocycles. The Kier molecular flexibility index (Phi) is 5.72. The van der Waals surface area contributed by atoms with Gasteiger partial charge in [0.05, 0.1) is 23.1 Å². The molecule has 0 unspecified atom stereocenters. The zero-order valence-corrected chi connectivity index (χ0v) is 18.6. The van der Waals surface area contributed by atoms with Gasteiger partial charge in [-0.05, 0) is 57.9 Å². The average Bonchev–Trinajstić information content (AvgIpc) is 2.74. The fraction of sp³-hybridized carbons (Fsp3) is 0.130. The highest BCUT2D eigenvalue weighted by molar-refractivity contribution is 8.13. The van der Waals surface area contributed by atoms with Gasteiger partial charge in [-0.1, -0.05) is 24.3 Å². The molecule has 0 fully saturated rings. The molecule has 4 aromatic rings. The zero-order valence-electron chi connectivity index (χ0n) is 17.1. The van der Waals surface area contributed by atoms with E-state index in [1.165, 1.54) is 25.3 Å². The Morgan fingerprint density at radius 3 is 1.62 bits per heavy atom. The van der Waals surface area contributed by atoms with Gasteiger partial charge in [-0.15, -0.1) is 0 Å². The van der Waals surface area contributed by atoms with Crippen LogP contribution in [-0.4, -0.2) is 15.5 Å². The third kappa shape index (κ3) is 4.27. The fourth-order valence-electron chi connectivity index (χ4n) is 3.86. The number of alkyl halides is 6. The second-order valence-electron chi connectivity index (χ2n) is 7.39. The summed E-state index contributed by atoms with van der Waals surface area (Å²) in [7, 11) is 2.50. The summed E-state index contributed by atoms with van der Waals surface area (Å²) in [5.41, 5.74) is -1.87. The molecule has 0 heterocycles. The molecular formula is C23H13ClF6O3S. The van der Waals surface area contributed by atoms with Gasteiger partial charge in [-0.3, -0.25) is 0 Å². The van der Waals surface area contributed by atoms with Crippen molar-refractivity contribution in [2.24, 2.45) is 0 Å². The highest BCUT2D eigenvalue weighted by atomic mass is 35.7. The lowest BCUT2D eigenvalue weighted by Gasteiger charge is -2.18. The number of ether oxygens (including phenoxy) is 1. The largest absolute Gasteiger partial charge is 0.496 e. The monoisotopic (exact) mass is 518 g/mol. The molecule has 0 radical (unpaired) electrons. The molecule has 0 aromatic heterocycles. The average molecular weight is 519 g/mol. The van der Waals surface area contributed by atoms with Gasteiger partial charge < -0.3 is 4.74 Å². The van der Waals surface area contributed by atoms with E-state index >= 15 is 0 Å². The predicted octanol–water partition coefficient (Wildman–Crippen LogP) is 7.63. The standard InChI is InChI=1S/C23H13ClF6O3S/c1-33-18-8-2-12-10-14(22(25,26)27)4-6-16(12)20(18)21-17-7-5-15(23(28,29)30)11-13(17)3-9-19(21)34(24,31)32/h2-11H,1H3. The number of halogens is 7. The molecule has 0 saturated heterocycles. The molecule has 0 aliphatic heterocycles. The summed E-state index contributed by atoms with van der Waals surface area (Å²) < 4.78 is 110. The summed E-state index contributed by atoms with van der Waals surface area (Å²) in [6, 6.07) is 10.6. The molecule has 178 valence electrons. The van der Waals surface area contributed by atoms with Crippen molar-refractivity contribution in [2.75, 3.05) is 7.11 Å². The van der Waals surface area contributed by atoms with Crippen molar-refractivity contribution < 1.29 is 39.5 Å². The molecular weight excluding hydrogens is 506 g/mol. The van der Waals surface area contributed by atoms with E-state index in [4.69, 9.17) is 15.4 Å². The predicted molar refractivity (Wildman–Crippen MR) is 116 cm³/mol. The summed E-state index contributed by atoms with van der Waals surface area (Å²) in [6.45, 7) is 0. The van der Waals surface area contributed by atoms with E-state index < -0.39 is 37.4 Å². The minimum Gasteiger partial charge on any atom is -0.496 e. The van der Waals surface area contributed by atoms with Gasteiger partial charge in [0.15, 0.2) is 0 Å². The van der Waals surface area contributed by atoms with Crippen LogP contribution in [0.4, 0.5) is 26.3 Å². The van der Waals surface area contributed by atoms with E-state index in [1.54, 1.807) is 0 Å². The van der Waals surface area contributed by atoms with Crippen LogP contribution in [0.25, 0.3) is 32.7 Å². The third-order valence-electron chi connectivity index (χ3n) is 5.35. The van der Waals surface area contributed by atoms with Gasteiger partial charge in [0.2, 0.25) is 0 Å². The Hall–Kier alpha value is -2.98. The van der Waals surface area contributed by atoms with Gasteiger partial charge in [-0.25, -0.2) is 8.42 Å². The topological polar surface area (TPSA) is 43.4 Å². The van der Waals surface area contributed by atoms with E-state index in [9.17, 15) is 34.8 Å². The Morgan fingerprint density at radius 2 is 1.18 bits per heavy atom. The quantitative estimate of drug-likeness (QED) is 0.207. The lowest BCUT2D eigenvalue weighted by molar-refractivity contribution is -0.138. The van der Waals surface area contributed by atoms with Crippen molar-refractivity contribution in [2.45, 2.75) is 17.2 Å². The maximum atomic E-state index is 13.2. The lowest BCUT2D eigenvalue weighted by Crippen LogP contribution is -2.05. The Bertz CT molecular complexity index is 1540. The Balaban J connectivity index is 2.17. The van der Waals surface area contributed by atoms with Crippen molar-refractivity contribution in [1.29, 1.82) is 0 Å². The smallest absolute Gasteiger partial charge is 0.416 e. The summed E-state index contributed by atoms with van der Waals surface area (Å²) >= 11 is 0. The third-order valence-corrected chi connectivity index (χ3v) is 6.71. The van der Waals surface area contributed by atoms with Crippen molar-refractivity contribution in [1.82, 2.24) is 0 Å². The van der Waals surface area contributed by atoms with Crippen LogP contribution in [0.2, 0.25) is 0 Å². The van der Waals surface area contributed by atoms with Gasteiger partial charge in [0, 0.05) is 21.8 Å². The van der Waals surface area contributed by atoms with Crippen molar-refractivity contribution in [3.8, 4) is 16.9 Å². The molecule has 0 amide bonds. The normalized spacial score (nSPS) is 12.9.